The molecule has 19 heavy (non-hydrogen) atoms. The molecule has 1 aromatic heterocycles. The molecule has 1 aliphatic carbocycles. The van der Waals surface area contributed by atoms with Crippen molar-refractivity contribution in [1.82, 2.24) is 0 Å². The number of fused-ring (bicyclic) bond motifs is 4. The quantitative estimate of drug-likeness (QED) is 0.793. The molecule has 2 nitrogen and oxygen atoms in total. The third-order valence-electron chi connectivity index (χ3n) is 3.25. The zero-order valence-corrected chi connectivity index (χ0v) is 10.8. The Hall–Kier alpha value is -2.26. The van der Waals surface area contributed by atoms with Gasteiger partial charge in [-0.15, -0.1) is 11.3 Å². The Morgan fingerprint density at radius 1 is 1.16 bits per heavy atom. The van der Waals surface area contributed by atoms with Crippen molar-refractivity contribution >= 4 is 29.6 Å². The number of benzene rings is 1. The summed E-state index contributed by atoms with van der Waals surface area (Å²) in [5.74, 6) is 0.992. The van der Waals surface area contributed by atoms with Crippen molar-refractivity contribution < 1.29 is 9.84 Å². The molecule has 0 spiro atoms. The van der Waals surface area contributed by atoms with Crippen LogP contribution in [0.3, 0.4) is 0 Å². The van der Waals surface area contributed by atoms with Crippen LogP contribution in [0.15, 0.2) is 42.4 Å². The molecule has 0 saturated carbocycles. The van der Waals surface area contributed by atoms with Gasteiger partial charge in [-0.2, -0.15) is 0 Å². The van der Waals surface area contributed by atoms with Crippen molar-refractivity contribution in [3.63, 3.8) is 0 Å². The van der Waals surface area contributed by atoms with E-state index < -0.39 is 0 Å². The number of allylic oxidation sites excluding steroid dienone is 2. The van der Waals surface area contributed by atoms with E-state index in [0.29, 0.717) is 0 Å². The van der Waals surface area contributed by atoms with Crippen LogP contribution in [0.25, 0.3) is 18.2 Å². The van der Waals surface area contributed by atoms with Gasteiger partial charge in [-0.1, -0.05) is 36.4 Å². The van der Waals surface area contributed by atoms with E-state index in [1.807, 2.05) is 18.2 Å². The maximum Gasteiger partial charge on any atom is 0.152 e. The Kier molecular flexibility index (Phi) is 2.17. The summed E-state index contributed by atoms with van der Waals surface area (Å²) < 4.78 is 7.70. The van der Waals surface area contributed by atoms with Crippen LogP contribution in [0.2, 0.25) is 0 Å². The molecular weight excluding hydrogens is 256 g/mol. The first-order valence-corrected chi connectivity index (χ1v) is 6.83. The molecule has 2 aliphatic rings. The van der Waals surface area contributed by atoms with Crippen molar-refractivity contribution in [2.75, 3.05) is 0 Å². The van der Waals surface area contributed by atoms with Crippen LogP contribution in [0.5, 0.6) is 5.75 Å². The van der Waals surface area contributed by atoms with Crippen molar-refractivity contribution in [3.05, 3.63) is 67.4 Å². The highest BCUT2D eigenvalue weighted by molar-refractivity contribution is 7.08. The van der Waals surface area contributed by atoms with Crippen molar-refractivity contribution in [2.45, 2.75) is 0 Å². The van der Waals surface area contributed by atoms with E-state index in [4.69, 9.17) is 4.74 Å². The number of hydrogen-bond acceptors (Lipinski definition) is 3. The molecule has 4 rings (SSSR count). The topological polar surface area (TPSA) is 29.5 Å². The molecule has 92 valence electrons. The number of aliphatic hydroxyl groups excluding tert-OH is 1. The molecule has 0 saturated heterocycles. The van der Waals surface area contributed by atoms with Crippen LogP contribution in [-0.4, -0.2) is 5.11 Å². The van der Waals surface area contributed by atoms with E-state index in [9.17, 15) is 5.11 Å². The smallest absolute Gasteiger partial charge is 0.152 e. The van der Waals surface area contributed by atoms with Crippen molar-refractivity contribution in [2.24, 2.45) is 0 Å². The van der Waals surface area contributed by atoms with Gasteiger partial charge in [-0.05, 0) is 16.5 Å². The fraction of sp³-hybridized carbons (Fsp3) is 0. The summed E-state index contributed by atoms with van der Waals surface area (Å²) in [6.07, 6.45) is 9.34. The summed E-state index contributed by atoms with van der Waals surface area (Å²) in [4.78, 5) is 0. The lowest BCUT2D eigenvalue weighted by atomic mass is 10.2. The summed E-state index contributed by atoms with van der Waals surface area (Å²) >= 11 is 1.64. The summed E-state index contributed by atoms with van der Waals surface area (Å²) in [5, 5.41) is 11.9. The molecule has 3 heteroatoms. The predicted octanol–water partition coefficient (Wildman–Crippen LogP) is 2.41. The van der Waals surface area contributed by atoms with E-state index in [-0.39, 0.29) is 5.76 Å². The lowest BCUT2D eigenvalue weighted by molar-refractivity contribution is 0.384. The second-order valence-corrected chi connectivity index (χ2v) is 5.51. The normalized spacial score (nSPS) is 14.8. The zero-order chi connectivity index (χ0) is 12.8. The molecule has 0 amide bonds. The Balaban J connectivity index is 2.27. The van der Waals surface area contributed by atoms with Gasteiger partial charge in [0.1, 0.15) is 6.26 Å². The SMILES string of the molecule is OC1=COc2c3c(sc2=C1)=c1ccccc1=CC=C3. The molecule has 0 radical (unpaired) electrons. The first-order chi connectivity index (χ1) is 9.33. The van der Waals surface area contributed by atoms with Gasteiger partial charge in [0.05, 0.1) is 4.53 Å². The minimum absolute atomic E-state index is 0.160. The van der Waals surface area contributed by atoms with Gasteiger partial charge >= 0.3 is 0 Å². The number of rotatable bonds is 0. The molecule has 2 aromatic rings. The summed E-state index contributed by atoms with van der Waals surface area (Å²) in [5.41, 5.74) is 1.08. The van der Waals surface area contributed by atoms with E-state index in [2.05, 4.69) is 24.3 Å². The second kappa shape index (κ2) is 3.87. The van der Waals surface area contributed by atoms with Crippen LogP contribution in [0.1, 0.15) is 5.56 Å². The maximum absolute atomic E-state index is 9.53. The zero-order valence-electron chi connectivity index (χ0n) is 9.96. The second-order valence-electron chi connectivity index (χ2n) is 4.46. The highest BCUT2D eigenvalue weighted by Crippen LogP contribution is 2.25. The summed E-state index contributed by atoms with van der Waals surface area (Å²) in [7, 11) is 0. The highest BCUT2D eigenvalue weighted by Gasteiger charge is 2.13. The van der Waals surface area contributed by atoms with Crippen LogP contribution < -0.4 is 14.5 Å². The van der Waals surface area contributed by atoms with Gasteiger partial charge in [0.2, 0.25) is 0 Å². The average Bonchev–Trinajstić information content (AvgIpc) is 2.67. The molecule has 1 aliphatic heterocycles. The van der Waals surface area contributed by atoms with Gasteiger partial charge < -0.3 is 9.84 Å². The number of thiophene rings is 1. The molecule has 0 fully saturated rings. The lowest BCUT2D eigenvalue weighted by Gasteiger charge is -2.04. The third kappa shape index (κ3) is 1.55. The van der Waals surface area contributed by atoms with Crippen LogP contribution in [0, 0.1) is 9.75 Å². The molecule has 0 unspecified atom stereocenters. The highest BCUT2D eigenvalue weighted by atomic mass is 32.1. The van der Waals surface area contributed by atoms with Gasteiger partial charge in [0.25, 0.3) is 0 Å². The van der Waals surface area contributed by atoms with E-state index in [1.54, 1.807) is 17.4 Å². The summed E-state index contributed by atoms with van der Waals surface area (Å²) in [6.45, 7) is 0. The molecular formula is C16H10O2S. The Morgan fingerprint density at radius 3 is 3.00 bits per heavy atom. The average molecular weight is 266 g/mol. The molecule has 0 bridgehead atoms. The fourth-order valence-electron chi connectivity index (χ4n) is 2.40. The first-order valence-electron chi connectivity index (χ1n) is 6.01. The van der Waals surface area contributed by atoms with Crippen molar-refractivity contribution in [3.8, 4) is 5.75 Å². The first kappa shape index (κ1) is 10.6. The van der Waals surface area contributed by atoms with Gasteiger partial charge in [0, 0.05) is 16.2 Å². The number of aliphatic hydroxyl groups is 1. The molecule has 1 aromatic carbocycles. The Bertz CT molecular complexity index is 946. The minimum atomic E-state index is 0.160. The van der Waals surface area contributed by atoms with Crippen LogP contribution in [0.4, 0.5) is 0 Å². The number of hydrogen-bond donors (Lipinski definition) is 1. The largest absolute Gasteiger partial charge is 0.505 e. The fourth-order valence-corrected chi connectivity index (χ4v) is 3.62. The minimum Gasteiger partial charge on any atom is -0.505 e. The number of ether oxygens (including phenoxy) is 1. The Labute approximate surface area is 113 Å². The molecule has 2 heterocycles. The molecule has 1 N–H and O–H groups in total. The van der Waals surface area contributed by atoms with Gasteiger partial charge in [-0.3, -0.25) is 0 Å². The molecule has 0 atom stereocenters. The van der Waals surface area contributed by atoms with Gasteiger partial charge in [0.15, 0.2) is 11.5 Å². The van der Waals surface area contributed by atoms with Crippen LogP contribution in [-0.2, 0) is 0 Å². The van der Waals surface area contributed by atoms with E-state index in [0.717, 1.165) is 15.8 Å². The standard InChI is InChI=1S/C16H10O2S/c17-11-8-14-15(18-9-11)13-7-3-5-10-4-1-2-6-12(10)16(13)19-14/h1-9,17H. The maximum atomic E-state index is 9.53. The van der Waals surface area contributed by atoms with E-state index in [1.165, 1.54) is 21.2 Å². The van der Waals surface area contributed by atoms with Gasteiger partial charge in [-0.25, -0.2) is 0 Å². The Morgan fingerprint density at radius 2 is 2.05 bits per heavy atom. The van der Waals surface area contributed by atoms with E-state index >= 15 is 0 Å². The predicted molar refractivity (Wildman–Crippen MR) is 77.0 cm³/mol. The monoisotopic (exact) mass is 266 g/mol. The lowest BCUT2D eigenvalue weighted by Crippen LogP contribution is -2.05. The van der Waals surface area contributed by atoms with Crippen molar-refractivity contribution in [1.29, 1.82) is 0 Å². The third-order valence-corrected chi connectivity index (χ3v) is 4.41. The summed E-state index contributed by atoms with van der Waals surface area (Å²) in [6, 6.07) is 8.30. The van der Waals surface area contributed by atoms with Crippen LogP contribution >= 0.6 is 11.3 Å².